The lowest BCUT2D eigenvalue weighted by molar-refractivity contribution is -0.384. The first-order valence-electron chi connectivity index (χ1n) is 9.97. The third-order valence-corrected chi connectivity index (χ3v) is 7.12. The number of benzene rings is 2. The maximum atomic E-state index is 13.1. The van der Waals surface area contributed by atoms with Gasteiger partial charge in [0.1, 0.15) is 4.88 Å². The van der Waals surface area contributed by atoms with Gasteiger partial charge in [-0.25, -0.2) is 9.97 Å². The Morgan fingerprint density at radius 2 is 1.91 bits per heavy atom. The van der Waals surface area contributed by atoms with Gasteiger partial charge in [-0.1, -0.05) is 41.7 Å². The van der Waals surface area contributed by atoms with E-state index in [0.29, 0.717) is 26.8 Å². The number of anilines is 1. The minimum Gasteiger partial charge on any atom is -0.321 e. The molecule has 1 N–H and O–H groups in total. The molecule has 0 unspecified atom stereocenters. The second-order valence-electron chi connectivity index (χ2n) is 7.35. The van der Waals surface area contributed by atoms with Crippen molar-refractivity contribution in [2.75, 3.05) is 5.32 Å². The van der Waals surface area contributed by atoms with Crippen LogP contribution in [0.4, 0.5) is 11.4 Å². The highest BCUT2D eigenvalue weighted by molar-refractivity contribution is 7.19. The summed E-state index contributed by atoms with van der Waals surface area (Å²) in [7, 11) is 0. The molecule has 0 bridgehead atoms. The van der Waals surface area contributed by atoms with Gasteiger partial charge < -0.3 is 5.32 Å². The molecule has 164 valence electrons. The quantitative estimate of drug-likeness (QED) is 0.249. The molecule has 1 amide bonds. The van der Waals surface area contributed by atoms with Crippen molar-refractivity contribution in [1.82, 2.24) is 14.4 Å². The van der Waals surface area contributed by atoms with E-state index in [9.17, 15) is 14.9 Å². The van der Waals surface area contributed by atoms with Gasteiger partial charge in [-0.2, -0.15) is 0 Å². The van der Waals surface area contributed by atoms with Gasteiger partial charge in [0.15, 0.2) is 4.96 Å². The van der Waals surface area contributed by atoms with Crippen LogP contribution in [0.5, 0.6) is 0 Å². The number of carbonyl (C=O) groups excluding carboxylic acids is 1. The van der Waals surface area contributed by atoms with E-state index in [2.05, 4.69) is 15.3 Å². The lowest BCUT2D eigenvalue weighted by Crippen LogP contribution is -2.12. The van der Waals surface area contributed by atoms with Crippen molar-refractivity contribution in [2.24, 2.45) is 0 Å². The molecule has 5 aromatic rings. The number of aromatic nitrogens is 3. The summed E-state index contributed by atoms with van der Waals surface area (Å²) in [5.74, 6) is -0.223. The van der Waals surface area contributed by atoms with Crippen LogP contribution < -0.4 is 5.32 Å². The summed E-state index contributed by atoms with van der Waals surface area (Å²) < 4.78 is 1.84. The molecule has 3 heterocycles. The zero-order valence-corrected chi connectivity index (χ0v) is 19.2. The fraction of sp³-hybridized carbons (Fsp3) is 0.0870. The highest BCUT2D eigenvalue weighted by atomic mass is 32.1. The normalized spacial score (nSPS) is 11.1. The molecule has 0 fully saturated rings. The second kappa shape index (κ2) is 8.23. The van der Waals surface area contributed by atoms with Gasteiger partial charge in [-0.3, -0.25) is 19.3 Å². The van der Waals surface area contributed by atoms with E-state index in [0.717, 1.165) is 22.0 Å². The highest BCUT2D eigenvalue weighted by Gasteiger charge is 2.20. The predicted molar refractivity (Wildman–Crippen MR) is 130 cm³/mol. The largest absolute Gasteiger partial charge is 0.321 e. The number of rotatable bonds is 5. The first kappa shape index (κ1) is 21.0. The number of aryl methyl sites for hydroxylation is 2. The Kier molecular flexibility index (Phi) is 5.23. The molecular formula is C23H17N5O3S2. The molecule has 0 spiro atoms. The molecule has 0 saturated carbocycles. The number of hydrogen-bond acceptors (Lipinski definition) is 7. The van der Waals surface area contributed by atoms with Crippen LogP contribution in [0.25, 0.3) is 27.5 Å². The molecule has 0 saturated heterocycles. The maximum absolute atomic E-state index is 13.1. The van der Waals surface area contributed by atoms with Crippen LogP contribution in [0.2, 0.25) is 0 Å². The number of hydrogen-bond donors (Lipinski definition) is 1. The van der Waals surface area contributed by atoms with Crippen LogP contribution in [0.1, 0.15) is 20.4 Å². The van der Waals surface area contributed by atoms with Crippen molar-refractivity contribution < 1.29 is 9.72 Å². The summed E-state index contributed by atoms with van der Waals surface area (Å²) in [6.07, 6.45) is 1.79. The maximum Gasteiger partial charge on any atom is 0.270 e. The van der Waals surface area contributed by atoms with E-state index in [1.165, 1.54) is 23.5 Å². The number of non-ortho nitro benzene ring substituents is 1. The molecule has 0 atom stereocenters. The van der Waals surface area contributed by atoms with E-state index in [4.69, 9.17) is 0 Å². The molecule has 0 aliphatic heterocycles. The fourth-order valence-electron chi connectivity index (χ4n) is 3.56. The molecular weight excluding hydrogens is 458 g/mol. The summed E-state index contributed by atoms with van der Waals surface area (Å²) in [4.78, 5) is 34.1. The summed E-state index contributed by atoms with van der Waals surface area (Å²) in [6, 6.07) is 13.9. The summed E-state index contributed by atoms with van der Waals surface area (Å²) in [5.41, 5.74) is 4.40. The minimum absolute atomic E-state index is 0.00890. The molecule has 8 nitrogen and oxygen atoms in total. The Bertz CT molecular complexity index is 1530. The predicted octanol–water partition coefficient (Wildman–Crippen LogP) is 5.96. The number of thiazole rings is 2. The Hall–Kier alpha value is -3.89. The van der Waals surface area contributed by atoms with E-state index < -0.39 is 4.92 Å². The third-order valence-electron chi connectivity index (χ3n) is 5.19. The molecule has 10 heteroatoms. The van der Waals surface area contributed by atoms with Crippen molar-refractivity contribution in [3.63, 3.8) is 0 Å². The molecule has 2 aromatic carbocycles. The van der Waals surface area contributed by atoms with Crippen molar-refractivity contribution in [3.8, 4) is 22.5 Å². The van der Waals surface area contributed by atoms with Gasteiger partial charge >= 0.3 is 0 Å². The topological polar surface area (TPSA) is 102 Å². The second-order valence-corrected chi connectivity index (χ2v) is 9.39. The minimum atomic E-state index is -0.430. The average Bonchev–Trinajstić information content (AvgIpc) is 3.50. The number of nitrogens with zero attached hydrogens (tertiary/aromatic N) is 4. The molecule has 0 radical (unpaired) electrons. The number of nitro benzene ring substituents is 1. The van der Waals surface area contributed by atoms with Gasteiger partial charge in [0.2, 0.25) is 0 Å². The number of para-hydroxylation sites is 1. The van der Waals surface area contributed by atoms with Gasteiger partial charge in [-0.15, -0.1) is 11.3 Å². The van der Waals surface area contributed by atoms with Crippen LogP contribution in [0.3, 0.4) is 0 Å². The van der Waals surface area contributed by atoms with Crippen LogP contribution in [0.15, 0.2) is 60.1 Å². The van der Waals surface area contributed by atoms with E-state index in [1.54, 1.807) is 29.7 Å². The van der Waals surface area contributed by atoms with Gasteiger partial charge in [-0.05, 0) is 19.9 Å². The zero-order chi connectivity index (χ0) is 23.1. The van der Waals surface area contributed by atoms with Crippen molar-refractivity contribution in [3.05, 3.63) is 85.8 Å². The molecule has 0 aliphatic rings. The number of nitrogens with one attached hydrogen (secondary N) is 1. The lowest BCUT2D eigenvalue weighted by atomic mass is 10.1. The lowest BCUT2D eigenvalue weighted by Gasteiger charge is -2.09. The van der Waals surface area contributed by atoms with Crippen LogP contribution in [-0.2, 0) is 0 Å². The van der Waals surface area contributed by atoms with Gasteiger partial charge in [0.05, 0.1) is 27.0 Å². The van der Waals surface area contributed by atoms with E-state index in [-0.39, 0.29) is 11.6 Å². The smallest absolute Gasteiger partial charge is 0.270 e. The highest BCUT2D eigenvalue weighted by Crippen LogP contribution is 2.32. The summed E-state index contributed by atoms with van der Waals surface area (Å²) in [5, 5.41) is 17.0. The van der Waals surface area contributed by atoms with Crippen molar-refractivity contribution >= 4 is 44.9 Å². The van der Waals surface area contributed by atoms with Gasteiger partial charge in [0.25, 0.3) is 11.6 Å². The first-order chi connectivity index (χ1) is 15.9. The molecule has 5 rings (SSSR count). The van der Waals surface area contributed by atoms with Crippen LogP contribution in [0, 0.1) is 24.0 Å². The Labute approximate surface area is 196 Å². The summed E-state index contributed by atoms with van der Waals surface area (Å²) in [6.45, 7) is 3.80. The van der Waals surface area contributed by atoms with Gasteiger partial charge in [0, 0.05) is 40.5 Å². The zero-order valence-electron chi connectivity index (χ0n) is 17.6. The van der Waals surface area contributed by atoms with E-state index >= 15 is 0 Å². The van der Waals surface area contributed by atoms with Crippen LogP contribution >= 0.6 is 22.7 Å². The fourth-order valence-corrected chi connectivity index (χ4v) is 5.18. The number of fused-ring (bicyclic) bond motifs is 1. The average molecular weight is 476 g/mol. The summed E-state index contributed by atoms with van der Waals surface area (Å²) >= 11 is 2.84. The van der Waals surface area contributed by atoms with Crippen LogP contribution in [-0.4, -0.2) is 25.2 Å². The number of nitro groups is 1. The molecule has 3 aromatic heterocycles. The monoisotopic (exact) mass is 475 g/mol. The Morgan fingerprint density at radius 3 is 2.64 bits per heavy atom. The molecule has 33 heavy (non-hydrogen) atoms. The standard InChI is InChI=1S/C23H17N5O3S2/c1-13-21(22(29)25-18-9-4-3-8-17(18)20-12-32-14(2)24-20)33-23-26-19(11-27(13)23)15-6-5-7-16(10-15)28(30)31/h3-12H,1-2H3,(H,25,29). The van der Waals surface area contributed by atoms with E-state index in [1.807, 2.05) is 47.9 Å². The SMILES string of the molecule is Cc1nc(-c2ccccc2NC(=O)c2sc3nc(-c4cccc([N+](=O)[O-])c4)cn3c2C)cs1. The number of carbonyl (C=O) groups is 1. The third kappa shape index (κ3) is 3.90. The number of imidazole rings is 1. The first-order valence-corrected chi connectivity index (χ1v) is 11.7. The van der Waals surface area contributed by atoms with Crippen molar-refractivity contribution in [2.45, 2.75) is 13.8 Å². The Morgan fingerprint density at radius 1 is 1.09 bits per heavy atom. The number of amides is 1. The molecule has 0 aliphatic carbocycles. The Balaban J connectivity index is 1.45. The van der Waals surface area contributed by atoms with Crippen molar-refractivity contribution in [1.29, 1.82) is 0 Å².